The highest BCUT2D eigenvalue weighted by atomic mass is 16.7. The molecule has 1 N–H and O–H groups in total. The van der Waals surface area contributed by atoms with E-state index in [-0.39, 0.29) is 24.8 Å². The largest absolute Gasteiger partial charge is 0.344 e. The Kier molecular flexibility index (Phi) is 7.37. The van der Waals surface area contributed by atoms with Gasteiger partial charge in [0.2, 0.25) is 17.6 Å². The van der Waals surface area contributed by atoms with E-state index in [9.17, 15) is 19.2 Å². The van der Waals surface area contributed by atoms with Gasteiger partial charge in [0.25, 0.3) is 0 Å². The summed E-state index contributed by atoms with van der Waals surface area (Å²) in [6.45, 7) is 0.313. The second-order valence-corrected chi connectivity index (χ2v) is 8.72. The maximum Gasteiger partial charge on any atom is 0.315 e. The molecule has 2 aromatic rings. The lowest BCUT2D eigenvalue weighted by molar-refractivity contribution is -0.182. The fourth-order valence-corrected chi connectivity index (χ4v) is 4.28. The van der Waals surface area contributed by atoms with Gasteiger partial charge in [0.15, 0.2) is 0 Å². The van der Waals surface area contributed by atoms with Crippen molar-refractivity contribution in [2.45, 2.75) is 56.8 Å². The first-order valence-corrected chi connectivity index (χ1v) is 11.6. The van der Waals surface area contributed by atoms with Crippen LogP contribution in [0.1, 0.15) is 36.8 Å². The molecule has 2 fully saturated rings. The highest BCUT2D eigenvalue weighted by Crippen LogP contribution is 2.27. The average molecular weight is 464 g/mol. The van der Waals surface area contributed by atoms with Crippen molar-refractivity contribution in [1.82, 2.24) is 15.3 Å². The number of hydrogen-bond acceptors (Lipinski definition) is 5. The molecule has 2 atom stereocenters. The molecule has 1 saturated heterocycles. The number of likely N-dealkylation sites (tertiary alicyclic amines) is 1. The van der Waals surface area contributed by atoms with Crippen LogP contribution in [-0.4, -0.2) is 58.7 Å². The van der Waals surface area contributed by atoms with Crippen molar-refractivity contribution in [3.8, 4) is 0 Å². The third kappa shape index (κ3) is 5.51. The molecule has 0 radical (unpaired) electrons. The van der Waals surface area contributed by atoms with Gasteiger partial charge in [0.05, 0.1) is 13.2 Å². The summed E-state index contributed by atoms with van der Waals surface area (Å²) in [4.78, 5) is 58.6. The Balaban J connectivity index is 1.51. The third-order valence-electron chi connectivity index (χ3n) is 6.23. The van der Waals surface area contributed by atoms with Crippen LogP contribution in [0.3, 0.4) is 0 Å². The highest BCUT2D eigenvalue weighted by Gasteiger charge is 2.41. The van der Waals surface area contributed by atoms with Gasteiger partial charge in [-0.15, -0.1) is 0 Å². The Morgan fingerprint density at radius 1 is 1.00 bits per heavy atom. The van der Waals surface area contributed by atoms with E-state index < -0.39 is 29.7 Å². The molecule has 1 heterocycles. The molecule has 3 amide bonds. The minimum Gasteiger partial charge on any atom is -0.344 e. The van der Waals surface area contributed by atoms with Crippen LogP contribution in [0.4, 0.5) is 0 Å². The topological polar surface area (TPSA) is 96.0 Å². The van der Waals surface area contributed by atoms with Crippen molar-refractivity contribution in [3.63, 3.8) is 0 Å². The van der Waals surface area contributed by atoms with E-state index in [4.69, 9.17) is 4.84 Å². The molecule has 0 bridgehead atoms. The molecule has 178 valence electrons. The molecule has 1 aliphatic heterocycles. The molecule has 34 heavy (non-hydrogen) atoms. The maximum atomic E-state index is 13.3. The first-order chi connectivity index (χ1) is 16.5. The van der Waals surface area contributed by atoms with Crippen LogP contribution >= 0.6 is 0 Å². The zero-order chi connectivity index (χ0) is 24.1. The molecule has 0 spiro atoms. The van der Waals surface area contributed by atoms with Gasteiger partial charge in [-0.1, -0.05) is 60.7 Å². The first-order valence-electron chi connectivity index (χ1n) is 11.6. The van der Waals surface area contributed by atoms with Crippen molar-refractivity contribution < 1.29 is 24.0 Å². The molecule has 2 aromatic carbocycles. The summed E-state index contributed by atoms with van der Waals surface area (Å²) in [6, 6.07) is 16.8. The molecule has 0 aromatic heterocycles. The molecule has 2 aliphatic rings. The quantitative estimate of drug-likeness (QED) is 0.430. The first kappa shape index (κ1) is 23.6. The number of carbonyl (C=O) groups excluding carboxylic acids is 4. The average Bonchev–Trinajstić information content (AvgIpc) is 3.63. The lowest BCUT2D eigenvalue weighted by atomic mass is 10.0. The third-order valence-corrected chi connectivity index (χ3v) is 6.23. The number of amides is 3. The fraction of sp³-hybridized carbons (Fsp3) is 0.385. The number of Topliss-reactive ketones (excluding diaryl/α,β-unsaturated/α-hetero) is 1. The Morgan fingerprint density at radius 2 is 1.62 bits per heavy atom. The van der Waals surface area contributed by atoms with E-state index in [0.717, 1.165) is 29.0 Å². The fourth-order valence-electron chi connectivity index (χ4n) is 4.28. The van der Waals surface area contributed by atoms with Crippen LogP contribution < -0.4 is 5.32 Å². The molecule has 8 heteroatoms. The number of benzene rings is 2. The number of ketones is 1. The number of nitrogens with one attached hydrogen (secondary N) is 1. The van der Waals surface area contributed by atoms with Crippen LogP contribution in [0.25, 0.3) is 0 Å². The Labute approximate surface area is 198 Å². The summed E-state index contributed by atoms with van der Waals surface area (Å²) in [6.07, 6.45) is 2.35. The van der Waals surface area contributed by atoms with Gasteiger partial charge >= 0.3 is 5.91 Å². The summed E-state index contributed by atoms with van der Waals surface area (Å²) in [5.74, 6) is -2.04. The SMILES string of the molecule is CON(C(=O)C(=O)C(Cc1ccccc1)NC(=O)C1CCC(=O)N1Cc1ccccc1)C1CC1. The summed E-state index contributed by atoms with van der Waals surface area (Å²) < 4.78 is 0. The number of hydroxylamine groups is 2. The van der Waals surface area contributed by atoms with Gasteiger partial charge in [0, 0.05) is 19.4 Å². The summed E-state index contributed by atoms with van der Waals surface area (Å²) in [5.41, 5.74) is 1.73. The van der Waals surface area contributed by atoms with Crippen molar-refractivity contribution in [3.05, 3.63) is 71.8 Å². The van der Waals surface area contributed by atoms with E-state index in [1.165, 1.54) is 7.11 Å². The van der Waals surface area contributed by atoms with Crippen LogP contribution in [0.2, 0.25) is 0 Å². The molecule has 4 rings (SSSR count). The minimum atomic E-state index is -1.06. The van der Waals surface area contributed by atoms with E-state index >= 15 is 0 Å². The summed E-state index contributed by atoms with van der Waals surface area (Å²) >= 11 is 0. The second-order valence-electron chi connectivity index (χ2n) is 8.72. The zero-order valence-corrected chi connectivity index (χ0v) is 19.2. The van der Waals surface area contributed by atoms with Crippen molar-refractivity contribution >= 4 is 23.5 Å². The number of carbonyl (C=O) groups is 4. The highest BCUT2D eigenvalue weighted by molar-refractivity contribution is 6.38. The summed E-state index contributed by atoms with van der Waals surface area (Å²) in [7, 11) is 1.36. The van der Waals surface area contributed by atoms with Gasteiger partial charge in [-0.2, -0.15) is 0 Å². The van der Waals surface area contributed by atoms with Gasteiger partial charge in [0.1, 0.15) is 12.1 Å². The van der Waals surface area contributed by atoms with Crippen LogP contribution in [-0.2, 0) is 37.0 Å². The smallest absolute Gasteiger partial charge is 0.315 e. The monoisotopic (exact) mass is 463 g/mol. The predicted molar refractivity (Wildman–Crippen MR) is 124 cm³/mol. The Hall–Kier alpha value is -3.52. The Bertz CT molecular complexity index is 1040. The zero-order valence-electron chi connectivity index (χ0n) is 19.2. The van der Waals surface area contributed by atoms with Gasteiger partial charge in [-0.25, -0.2) is 5.06 Å². The standard InChI is InChI=1S/C26H29N3O5/c1-34-29(20-12-13-20)26(33)24(31)21(16-18-8-4-2-5-9-18)27-25(32)22-14-15-23(30)28(22)17-19-10-6-3-7-11-19/h2-11,20-22H,12-17H2,1H3,(H,27,32). The molecule has 2 unspecified atom stereocenters. The van der Waals surface area contributed by atoms with Crippen molar-refractivity contribution in [2.75, 3.05) is 7.11 Å². The van der Waals surface area contributed by atoms with Crippen LogP contribution in [0.15, 0.2) is 60.7 Å². The molecule has 1 aliphatic carbocycles. The van der Waals surface area contributed by atoms with E-state index in [2.05, 4.69) is 5.32 Å². The predicted octanol–water partition coefficient (Wildman–Crippen LogP) is 2.03. The van der Waals surface area contributed by atoms with E-state index in [1.807, 2.05) is 60.7 Å². The van der Waals surface area contributed by atoms with Gasteiger partial charge < -0.3 is 10.2 Å². The maximum absolute atomic E-state index is 13.3. The van der Waals surface area contributed by atoms with E-state index in [0.29, 0.717) is 13.0 Å². The number of rotatable bonds is 10. The van der Waals surface area contributed by atoms with Crippen molar-refractivity contribution in [2.24, 2.45) is 0 Å². The second kappa shape index (κ2) is 10.6. The lowest BCUT2D eigenvalue weighted by Gasteiger charge is -2.27. The minimum absolute atomic E-state index is 0.106. The summed E-state index contributed by atoms with van der Waals surface area (Å²) in [5, 5.41) is 3.88. The van der Waals surface area contributed by atoms with Gasteiger partial charge in [-0.05, 0) is 30.4 Å². The van der Waals surface area contributed by atoms with Crippen LogP contribution in [0, 0.1) is 0 Å². The molecular weight excluding hydrogens is 434 g/mol. The van der Waals surface area contributed by atoms with E-state index in [1.54, 1.807) is 4.90 Å². The molecule has 8 nitrogen and oxygen atoms in total. The molecule has 1 saturated carbocycles. The number of hydrogen-bond donors (Lipinski definition) is 1. The Morgan fingerprint density at radius 3 is 2.21 bits per heavy atom. The normalized spacial score (nSPS) is 18.4. The number of nitrogens with zero attached hydrogens (tertiary/aromatic N) is 2. The molecular formula is C26H29N3O5. The lowest BCUT2D eigenvalue weighted by Crippen LogP contribution is -2.54. The van der Waals surface area contributed by atoms with Crippen molar-refractivity contribution in [1.29, 1.82) is 0 Å². The van der Waals surface area contributed by atoms with Crippen LogP contribution in [0.5, 0.6) is 0 Å². The van der Waals surface area contributed by atoms with Gasteiger partial charge in [-0.3, -0.25) is 24.0 Å².